The zero-order valence-corrected chi connectivity index (χ0v) is 17.0. The molecule has 0 bridgehead atoms. The maximum Gasteiger partial charge on any atom is 0.272 e. The Hall–Kier alpha value is -2.74. The molecule has 1 N–H and O–H groups in total. The molecule has 8 nitrogen and oxygen atoms in total. The number of nitrogens with zero attached hydrogens (tertiary/aromatic N) is 4. The van der Waals surface area contributed by atoms with Crippen molar-refractivity contribution in [2.45, 2.75) is 20.4 Å². The van der Waals surface area contributed by atoms with E-state index in [1.54, 1.807) is 36.7 Å². The molecule has 8 heteroatoms. The molecule has 28 heavy (non-hydrogen) atoms. The SMILES string of the molecule is CCn1c(=O)c(C)nc2cc(C(=O)N(C)CC(=O)N3CC[NH+](C)CC3)ccc21. The average Bonchev–Trinajstić information content (AvgIpc) is 2.68. The van der Waals surface area contributed by atoms with Gasteiger partial charge < -0.3 is 19.3 Å². The fraction of sp³-hybridized carbons (Fsp3) is 0.500. The predicted octanol–water partition coefficient (Wildman–Crippen LogP) is -0.846. The fourth-order valence-corrected chi connectivity index (χ4v) is 3.55. The Morgan fingerprint density at radius 1 is 1.25 bits per heavy atom. The number of amides is 2. The maximum atomic E-state index is 12.8. The van der Waals surface area contributed by atoms with Gasteiger partial charge in [-0.1, -0.05) is 0 Å². The van der Waals surface area contributed by atoms with E-state index in [9.17, 15) is 14.4 Å². The van der Waals surface area contributed by atoms with Gasteiger partial charge in [0.05, 0.1) is 50.8 Å². The van der Waals surface area contributed by atoms with E-state index in [2.05, 4.69) is 12.0 Å². The summed E-state index contributed by atoms with van der Waals surface area (Å²) in [5, 5.41) is 0. The number of quaternary nitrogens is 1. The summed E-state index contributed by atoms with van der Waals surface area (Å²) < 4.78 is 1.65. The highest BCUT2D eigenvalue weighted by Crippen LogP contribution is 2.15. The topological polar surface area (TPSA) is 80.0 Å². The minimum atomic E-state index is -0.233. The third-order valence-electron chi connectivity index (χ3n) is 5.36. The lowest BCUT2D eigenvalue weighted by Gasteiger charge is -2.31. The number of benzene rings is 1. The maximum absolute atomic E-state index is 12.8. The number of hydrogen-bond acceptors (Lipinski definition) is 4. The summed E-state index contributed by atoms with van der Waals surface area (Å²) in [6.45, 7) is 7.46. The van der Waals surface area contributed by atoms with E-state index < -0.39 is 0 Å². The number of rotatable bonds is 4. The molecule has 1 saturated heterocycles. The summed E-state index contributed by atoms with van der Waals surface area (Å²) in [6.07, 6.45) is 0. The van der Waals surface area contributed by atoms with Crippen molar-refractivity contribution in [2.75, 3.05) is 46.8 Å². The van der Waals surface area contributed by atoms with Crippen molar-refractivity contribution < 1.29 is 14.5 Å². The number of piperazine rings is 1. The van der Waals surface area contributed by atoms with Crippen LogP contribution >= 0.6 is 0 Å². The van der Waals surface area contributed by atoms with E-state index in [0.29, 0.717) is 28.8 Å². The summed E-state index contributed by atoms with van der Waals surface area (Å²) >= 11 is 0. The van der Waals surface area contributed by atoms with E-state index in [0.717, 1.165) is 26.2 Å². The quantitative estimate of drug-likeness (QED) is 0.743. The van der Waals surface area contributed by atoms with Crippen molar-refractivity contribution in [1.82, 2.24) is 19.4 Å². The second-order valence-corrected chi connectivity index (χ2v) is 7.45. The number of carbonyl (C=O) groups is 2. The van der Waals surface area contributed by atoms with Crippen LogP contribution in [0.2, 0.25) is 0 Å². The first-order chi connectivity index (χ1) is 13.3. The molecule has 0 aliphatic carbocycles. The van der Waals surface area contributed by atoms with Crippen molar-refractivity contribution in [3.8, 4) is 0 Å². The zero-order chi connectivity index (χ0) is 20.4. The minimum absolute atomic E-state index is 0.0297. The van der Waals surface area contributed by atoms with Crippen LogP contribution in [-0.2, 0) is 11.3 Å². The van der Waals surface area contributed by atoms with Gasteiger partial charge in [-0.25, -0.2) is 4.98 Å². The molecule has 0 unspecified atom stereocenters. The Balaban J connectivity index is 1.78. The van der Waals surface area contributed by atoms with Crippen molar-refractivity contribution >= 4 is 22.8 Å². The van der Waals surface area contributed by atoms with E-state index in [1.165, 1.54) is 9.80 Å². The average molecular weight is 386 g/mol. The third kappa shape index (κ3) is 3.91. The van der Waals surface area contributed by atoms with Crippen LogP contribution in [0.5, 0.6) is 0 Å². The zero-order valence-electron chi connectivity index (χ0n) is 17.0. The number of fused-ring (bicyclic) bond motifs is 1. The lowest BCUT2D eigenvalue weighted by atomic mass is 10.1. The Bertz CT molecular complexity index is 960. The summed E-state index contributed by atoms with van der Waals surface area (Å²) in [5.74, 6) is -0.262. The molecule has 0 radical (unpaired) electrons. The Morgan fingerprint density at radius 2 is 1.93 bits per heavy atom. The van der Waals surface area contributed by atoms with Crippen LogP contribution in [0.15, 0.2) is 23.0 Å². The number of hydrogen-bond donors (Lipinski definition) is 1. The van der Waals surface area contributed by atoms with Crippen molar-refractivity contribution in [3.63, 3.8) is 0 Å². The molecule has 1 aliphatic heterocycles. The van der Waals surface area contributed by atoms with Gasteiger partial charge in [0.1, 0.15) is 5.69 Å². The molecule has 2 amide bonds. The molecular weight excluding hydrogens is 358 g/mol. The van der Waals surface area contributed by atoms with E-state index >= 15 is 0 Å². The Morgan fingerprint density at radius 3 is 2.57 bits per heavy atom. The molecule has 2 heterocycles. The van der Waals surface area contributed by atoms with Crippen LogP contribution < -0.4 is 10.5 Å². The van der Waals surface area contributed by atoms with Gasteiger partial charge >= 0.3 is 0 Å². The van der Waals surface area contributed by atoms with Crippen molar-refractivity contribution in [3.05, 3.63) is 39.8 Å². The molecule has 1 aromatic heterocycles. The van der Waals surface area contributed by atoms with Gasteiger partial charge in [-0.3, -0.25) is 14.4 Å². The van der Waals surface area contributed by atoms with E-state index in [-0.39, 0.29) is 23.9 Å². The summed E-state index contributed by atoms with van der Waals surface area (Å²) in [7, 11) is 3.75. The molecule has 2 aromatic rings. The highest BCUT2D eigenvalue weighted by atomic mass is 16.2. The van der Waals surface area contributed by atoms with E-state index in [4.69, 9.17) is 0 Å². The van der Waals surface area contributed by atoms with Crippen molar-refractivity contribution in [2.24, 2.45) is 0 Å². The van der Waals surface area contributed by atoms with E-state index in [1.807, 2.05) is 11.8 Å². The van der Waals surface area contributed by atoms with Gasteiger partial charge in [-0.2, -0.15) is 0 Å². The monoisotopic (exact) mass is 386 g/mol. The molecule has 150 valence electrons. The first-order valence-electron chi connectivity index (χ1n) is 9.67. The van der Waals surface area contributed by atoms with Gasteiger partial charge in [0.15, 0.2) is 0 Å². The van der Waals surface area contributed by atoms with Crippen LogP contribution in [-0.4, -0.2) is 78.0 Å². The number of carbonyl (C=O) groups excluding carboxylic acids is 2. The third-order valence-corrected chi connectivity index (χ3v) is 5.36. The highest BCUT2D eigenvalue weighted by Gasteiger charge is 2.24. The van der Waals surface area contributed by atoms with Gasteiger partial charge in [-0.15, -0.1) is 0 Å². The number of likely N-dealkylation sites (N-methyl/N-ethyl adjacent to an activating group) is 2. The Labute approximate surface area is 164 Å². The first kappa shape index (κ1) is 20.0. The van der Waals surface area contributed by atoms with Crippen LogP contribution in [0.1, 0.15) is 23.0 Å². The summed E-state index contributed by atoms with van der Waals surface area (Å²) in [4.78, 5) is 46.6. The normalized spacial score (nSPS) is 15.1. The van der Waals surface area contributed by atoms with Gasteiger partial charge in [0.2, 0.25) is 5.91 Å². The summed E-state index contributed by atoms with van der Waals surface area (Å²) in [6, 6.07) is 5.13. The van der Waals surface area contributed by atoms with Crippen LogP contribution in [0, 0.1) is 6.92 Å². The lowest BCUT2D eigenvalue weighted by Crippen LogP contribution is -3.12. The van der Waals surface area contributed by atoms with Crippen LogP contribution in [0.4, 0.5) is 0 Å². The molecule has 1 fully saturated rings. The smallest absolute Gasteiger partial charge is 0.272 e. The standard InChI is InChI=1S/C20H27N5O3/c1-5-25-17-7-6-15(12-16(17)21-14(2)19(25)27)20(28)23(4)13-18(26)24-10-8-22(3)9-11-24/h6-7,12H,5,8-11,13H2,1-4H3/p+1. The molecule has 3 rings (SSSR count). The highest BCUT2D eigenvalue weighted by molar-refractivity contribution is 5.98. The van der Waals surface area contributed by atoms with Crippen LogP contribution in [0.25, 0.3) is 11.0 Å². The minimum Gasteiger partial charge on any atom is -0.334 e. The summed E-state index contributed by atoms with van der Waals surface area (Å²) in [5.41, 5.74) is 2.05. The van der Waals surface area contributed by atoms with Gasteiger partial charge in [-0.05, 0) is 32.0 Å². The van der Waals surface area contributed by atoms with Gasteiger partial charge in [0.25, 0.3) is 11.5 Å². The number of aryl methyl sites for hydroxylation is 2. The fourth-order valence-electron chi connectivity index (χ4n) is 3.55. The largest absolute Gasteiger partial charge is 0.334 e. The second kappa shape index (κ2) is 8.10. The molecule has 0 spiro atoms. The molecular formula is C20H28N5O3+. The molecule has 1 aliphatic rings. The van der Waals surface area contributed by atoms with Gasteiger partial charge in [0, 0.05) is 19.2 Å². The molecule has 0 atom stereocenters. The van der Waals surface area contributed by atoms with Crippen LogP contribution in [0.3, 0.4) is 0 Å². The first-order valence-corrected chi connectivity index (χ1v) is 9.67. The predicted molar refractivity (Wildman–Crippen MR) is 107 cm³/mol. The number of aromatic nitrogens is 2. The van der Waals surface area contributed by atoms with Crippen molar-refractivity contribution in [1.29, 1.82) is 0 Å². The molecule has 0 saturated carbocycles. The Kier molecular flexibility index (Phi) is 5.79. The second-order valence-electron chi connectivity index (χ2n) is 7.45. The molecule has 1 aromatic carbocycles. The number of nitrogens with one attached hydrogen (secondary N) is 1. The lowest BCUT2D eigenvalue weighted by molar-refractivity contribution is -0.883.